The van der Waals surface area contributed by atoms with E-state index in [2.05, 4.69) is 46.9 Å². The topological polar surface area (TPSA) is 133 Å². The molecule has 6 rings (SSSR count). The summed E-state index contributed by atoms with van der Waals surface area (Å²) in [7, 11) is 1.76. The number of carboxylic acids is 1. The Morgan fingerprint density at radius 2 is 1.62 bits per heavy atom. The molecule has 0 aliphatic heterocycles. The number of aliphatic hydroxyl groups is 1. The number of ether oxygens (including phenoxy) is 1. The first-order valence-electron chi connectivity index (χ1n) is 21.1. The van der Waals surface area contributed by atoms with Crippen LogP contribution in [0.4, 0.5) is 0 Å². The van der Waals surface area contributed by atoms with Gasteiger partial charge in [0.2, 0.25) is 5.91 Å². The molecule has 5 aliphatic carbocycles. The van der Waals surface area contributed by atoms with Gasteiger partial charge < -0.3 is 25.2 Å². The first kappa shape index (κ1) is 41.6. The van der Waals surface area contributed by atoms with Gasteiger partial charge in [-0.25, -0.2) is 0 Å². The van der Waals surface area contributed by atoms with Crippen LogP contribution >= 0.6 is 0 Å². The van der Waals surface area contributed by atoms with Crippen molar-refractivity contribution >= 4 is 23.6 Å². The summed E-state index contributed by atoms with van der Waals surface area (Å²) < 4.78 is 6.16. The van der Waals surface area contributed by atoms with Crippen molar-refractivity contribution in [3.63, 3.8) is 0 Å². The predicted molar refractivity (Wildman–Crippen MR) is 213 cm³/mol. The monoisotopic (exact) mass is 761 g/mol. The second-order valence-corrected chi connectivity index (χ2v) is 20.2. The highest BCUT2D eigenvalue weighted by molar-refractivity contribution is 6.00. The van der Waals surface area contributed by atoms with E-state index in [9.17, 15) is 29.4 Å². The minimum absolute atomic E-state index is 0.0468. The molecule has 0 heterocycles. The Morgan fingerprint density at radius 1 is 0.945 bits per heavy atom. The molecule has 0 aromatic heterocycles. The molecule has 9 atom stereocenters. The number of carbonyl (C=O) groups is 4. The molecule has 5 aliphatic rings. The summed E-state index contributed by atoms with van der Waals surface area (Å²) in [5.74, 6) is 0.156. The molecule has 1 aromatic carbocycles. The molecule has 3 N–H and O–H groups in total. The molecule has 4 saturated carbocycles. The highest BCUT2D eigenvalue weighted by Gasteiger charge is 2.67. The lowest BCUT2D eigenvalue weighted by Gasteiger charge is -2.69. The van der Waals surface area contributed by atoms with E-state index in [1.165, 1.54) is 5.57 Å². The van der Waals surface area contributed by atoms with Crippen molar-refractivity contribution in [1.82, 2.24) is 10.2 Å². The fraction of sp³-hybridized carbons (Fsp3) is 0.739. The van der Waals surface area contributed by atoms with Crippen LogP contribution in [-0.4, -0.2) is 71.1 Å². The Kier molecular flexibility index (Phi) is 11.4. The van der Waals surface area contributed by atoms with Crippen molar-refractivity contribution in [2.24, 2.45) is 56.7 Å². The Balaban J connectivity index is 1.27. The van der Waals surface area contributed by atoms with Crippen LogP contribution in [-0.2, 0) is 30.5 Å². The van der Waals surface area contributed by atoms with Crippen LogP contribution in [0.25, 0.3) is 0 Å². The molecule has 0 saturated heterocycles. The van der Waals surface area contributed by atoms with E-state index in [4.69, 9.17) is 4.74 Å². The lowest BCUT2D eigenvalue weighted by Crippen LogP contribution is -2.63. The third-order valence-electron chi connectivity index (χ3n) is 16.0. The summed E-state index contributed by atoms with van der Waals surface area (Å²) in [6.45, 7) is 17.7. The molecule has 55 heavy (non-hydrogen) atoms. The molecule has 0 bridgehead atoms. The summed E-state index contributed by atoms with van der Waals surface area (Å²) in [4.78, 5) is 54.3. The largest absolute Gasteiger partial charge is 0.481 e. The quantitative estimate of drug-likeness (QED) is 0.186. The number of esters is 1. The predicted octanol–water partition coefficient (Wildman–Crippen LogP) is 7.60. The maximum Gasteiger partial charge on any atom is 0.309 e. The summed E-state index contributed by atoms with van der Waals surface area (Å²) in [6, 6.07) is 9.91. The zero-order valence-electron chi connectivity index (χ0n) is 35.0. The number of hydrogen-bond acceptors (Lipinski definition) is 7. The molecule has 304 valence electrons. The van der Waals surface area contributed by atoms with Gasteiger partial charge in [0.1, 0.15) is 6.10 Å². The van der Waals surface area contributed by atoms with Crippen LogP contribution in [0.2, 0.25) is 0 Å². The molecular weight excluding hydrogens is 693 g/mol. The van der Waals surface area contributed by atoms with Crippen molar-refractivity contribution in [2.75, 3.05) is 20.1 Å². The number of aliphatic carboxylic acids is 1. The third kappa shape index (κ3) is 7.12. The van der Waals surface area contributed by atoms with E-state index in [-0.39, 0.29) is 65.4 Å². The van der Waals surface area contributed by atoms with Crippen molar-refractivity contribution in [3.8, 4) is 0 Å². The van der Waals surface area contributed by atoms with Crippen LogP contribution in [0, 0.1) is 56.7 Å². The van der Waals surface area contributed by atoms with E-state index in [0.29, 0.717) is 30.7 Å². The lowest BCUT2D eigenvalue weighted by atomic mass is 9.36. The number of benzene rings is 1. The minimum atomic E-state index is -1.18. The number of aliphatic hydroxyl groups excluding tert-OH is 1. The zero-order chi connectivity index (χ0) is 40.3. The number of fused-ring (bicyclic) bond motifs is 7. The maximum absolute atomic E-state index is 14.1. The number of carbonyl (C=O) groups excluding carboxylic acids is 3. The van der Waals surface area contributed by atoms with Crippen molar-refractivity contribution in [1.29, 1.82) is 0 Å². The number of rotatable bonds is 12. The smallest absolute Gasteiger partial charge is 0.309 e. The number of allylic oxidation sites excluding steroid dienone is 1. The Labute approximate surface area is 329 Å². The molecule has 9 nitrogen and oxygen atoms in total. The van der Waals surface area contributed by atoms with Gasteiger partial charge in [-0.2, -0.15) is 0 Å². The number of nitrogens with zero attached hydrogens (tertiary/aromatic N) is 1. The van der Waals surface area contributed by atoms with Gasteiger partial charge in [0.05, 0.1) is 24.5 Å². The number of nitrogens with one attached hydrogen (secondary N) is 1. The van der Waals surface area contributed by atoms with E-state index < -0.39 is 28.9 Å². The molecule has 4 fully saturated rings. The van der Waals surface area contributed by atoms with Gasteiger partial charge in [0.25, 0.3) is 0 Å². The van der Waals surface area contributed by atoms with Crippen LogP contribution in [0.3, 0.4) is 0 Å². The van der Waals surface area contributed by atoms with Gasteiger partial charge >= 0.3 is 11.9 Å². The van der Waals surface area contributed by atoms with Gasteiger partial charge in [0, 0.05) is 30.3 Å². The lowest BCUT2D eigenvalue weighted by molar-refractivity contribution is -0.214. The van der Waals surface area contributed by atoms with Crippen molar-refractivity contribution in [2.45, 2.75) is 138 Å². The van der Waals surface area contributed by atoms with E-state index >= 15 is 0 Å². The summed E-state index contributed by atoms with van der Waals surface area (Å²) >= 11 is 0. The first-order valence-corrected chi connectivity index (χ1v) is 21.1. The van der Waals surface area contributed by atoms with Gasteiger partial charge in [-0.1, -0.05) is 77.4 Å². The molecule has 8 unspecified atom stereocenters. The Hall–Kier alpha value is -3.04. The second-order valence-electron chi connectivity index (χ2n) is 20.2. The number of ketones is 1. The first-order chi connectivity index (χ1) is 25.7. The second kappa shape index (κ2) is 15.0. The van der Waals surface area contributed by atoms with E-state index in [1.807, 2.05) is 30.3 Å². The van der Waals surface area contributed by atoms with Crippen LogP contribution in [0.5, 0.6) is 0 Å². The average molecular weight is 761 g/mol. The Morgan fingerprint density at radius 3 is 2.25 bits per heavy atom. The van der Waals surface area contributed by atoms with Gasteiger partial charge in [-0.3, -0.25) is 19.2 Å². The minimum Gasteiger partial charge on any atom is -0.481 e. The van der Waals surface area contributed by atoms with Crippen LogP contribution in [0.15, 0.2) is 41.5 Å². The molecule has 1 amide bonds. The number of Topliss-reactive ketones (excluding diaryl/α,β-unsaturated/α-hetero) is 1. The van der Waals surface area contributed by atoms with Gasteiger partial charge in [-0.15, -0.1) is 0 Å². The summed E-state index contributed by atoms with van der Waals surface area (Å²) in [5.41, 5.74) is 1.14. The van der Waals surface area contributed by atoms with Crippen molar-refractivity contribution in [3.05, 3.63) is 47.0 Å². The van der Waals surface area contributed by atoms with E-state index in [1.54, 1.807) is 25.8 Å². The maximum atomic E-state index is 14.1. The molecule has 0 radical (unpaired) electrons. The summed E-state index contributed by atoms with van der Waals surface area (Å²) in [5, 5.41) is 25.1. The molecular formula is C46H68N2O7. The fourth-order valence-electron chi connectivity index (χ4n) is 13.3. The standard InChI is InChI=1S/C46H68N2O7/c1-28(2)39-32(49)23-46(35(50)27-48(37(51)25-47-9)26-29-13-11-10-12-14-29)22-17-31-30(40(39)46)15-16-34-44(31,7)20-18-33-43(5,6)36(19-21-45(33,34)8)55-38(52)24-42(3,4)41(53)54/h10-14,28,30-31,33-36,47,50H,15-27H2,1-9H3,(H,53,54)/t30?,31?,33?,34?,35-,36?,44?,45?,46?/m0/s1. The zero-order valence-corrected chi connectivity index (χ0v) is 35.0. The number of hydrogen-bond donors (Lipinski definition) is 3. The van der Waals surface area contributed by atoms with Crippen LogP contribution in [0.1, 0.15) is 125 Å². The number of likely N-dealkylation sites (N-methyl/N-ethyl adjacent to an activating group) is 1. The van der Waals surface area contributed by atoms with Crippen LogP contribution < -0.4 is 5.32 Å². The van der Waals surface area contributed by atoms with Crippen molar-refractivity contribution < 1.29 is 34.1 Å². The molecule has 0 spiro atoms. The van der Waals surface area contributed by atoms with E-state index in [0.717, 1.165) is 62.5 Å². The highest BCUT2D eigenvalue weighted by atomic mass is 16.5. The number of carboxylic acid groups (broad SMARTS) is 1. The summed E-state index contributed by atoms with van der Waals surface area (Å²) in [6.07, 6.45) is 6.58. The number of amides is 1. The normalized spacial score (nSPS) is 34.6. The highest BCUT2D eigenvalue weighted by Crippen LogP contribution is 2.73. The van der Waals surface area contributed by atoms with Gasteiger partial charge in [0.15, 0.2) is 5.78 Å². The average Bonchev–Trinajstić information content (AvgIpc) is 3.43. The Bertz CT molecular complexity index is 1680. The molecule has 1 aromatic rings. The SMILES string of the molecule is CNCC(=O)N(Cc1ccccc1)C[C@H](O)C12CCC3C(CCC4C3(C)CCC3C(C)(C)C(OC(=O)CC(C)(C)C(=O)O)CCC34C)C1=C(C(C)C)C(=O)C2. The molecule has 9 heteroatoms. The third-order valence-corrected chi connectivity index (χ3v) is 16.0. The van der Waals surface area contributed by atoms with Gasteiger partial charge in [-0.05, 0) is 124 Å². The fourth-order valence-corrected chi connectivity index (χ4v) is 13.3.